The van der Waals surface area contributed by atoms with Crippen LogP contribution in [-0.2, 0) is 0 Å². The molecule has 0 heterocycles. The van der Waals surface area contributed by atoms with Crippen molar-refractivity contribution >= 4 is 0 Å². The first-order chi connectivity index (χ1) is 11.8. The van der Waals surface area contributed by atoms with Crippen molar-refractivity contribution in [3.63, 3.8) is 0 Å². The highest BCUT2D eigenvalue weighted by molar-refractivity contribution is 5.06. The minimum Gasteiger partial charge on any atom is -0.0533 e. The molecule has 24 heavy (non-hydrogen) atoms. The second-order valence-electron chi connectivity index (χ2n) is 10.2. The van der Waals surface area contributed by atoms with Crippen LogP contribution < -0.4 is 0 Å². The summed E-state index contributed by atoms with van der Waals surface area (Å²) in [6.07, 6.45) is 31.4. The largest absolute Gasteiger partial charge is 0.0533 e. The Kier molecular flexibility index (Phi) is 5.59. The molecule has 0 amide bonds. The standard InChI is InChI=1S/C24H42/c1-3-7-11-22(12-8-4-1)24(16-9-5-2-6-10-17-24)23-18-13-21(14-19-23)15-20-23/h21-22H,1-20H2. The first-order valence-electron chi connectivity index (χ1n) is 11.8. The maximum atomic E-state index is 1.62. The summed E-state index contributed by atoms with van der Waals surface area (Å²) < 4.78 is 0. The average molecular weight is 331 g/mol. The van der Waals surface area contributed by atoms with Crippen LogP contribution in [0.4, 0.5) is 0 Å². The predicted molar refractivity (Wildman–Crippen MR) is 104 cm³/mol. The van der Waals surface area contributed by atoms with E-state index < -0.39 is 0 Å². The molecule has 0 nitrogen and oxygen atoms in total. The summed E-state index contributed by atoms with van der Waals surface area (Å²) in [6, 6.07) is 0. The summed E-state index contributed by atoms with van der Waals surface area (Å²) in [5, 5.41) is 0. The molecule has 0 spiro atoms. The minimum absolute atomic E-state index is 0.760. The van der Waals surface area contributed by atoms with Crippen LogP contribution in [-0.4, -0.2) is 0 Å². The van der Waals surface area contributed by atoms with E-state index in [-0.39, 0.29) is 0 Å². The Morgan fingerprint density at radius 2 is 0.875 bits per heavy atom. The topological polar surface area (TPSA) is 0 Å². The lowest BCUT2D eigenvalue weighted by Crippen LogP contribution is -2.52. The molecular formula is C24H42. The van der Waals surface area contributed by atoms with Gasteiger partial charge in [-0.15, -0.1) is 0 Å². The van der Waals surface area contributed by atoms with Crippen LogP contribution >= 0.6 is 0 Å². The molecular weight excluding hydrogens is 288 g/mol. The number of rotatable bonds is 2. The SMILES string of the molecule is C1CCCC(C2(C34CCC(CC3)CC4)CCCCCCC2)CCC1. The maximum Gasteiger partial charge on any atom is -0.0213 e. The fourth-order valence-corrected chi connectivity index (χ4v) is 7.91. The van der Waals surface area contributed by atoms with Crippen molar-refractivity contribution in [2.75, 3.05) is 0 Å². The molecule has 5 fully saturated rings. The highest BCUT2D eigenvalue weighted by Gasteiger charge is 2.56. The lowest BCUT2D eigenvalue weighted by Gasteiger charge is -2.62. The third-order valence-corrected chi connectivity index (χ3v) is 9.28. The molecule has 0 aromatic heterocycles. The van der Waals surface area contributed by atoms with Gasteiger partial charge in [0.2, 0.25) is 0 Å². The Morgan fingerprint density at radius 1 is 0.417 bits per heavy atom. The van der Waals surface area contributed by atoms with Crippen LogP contribution in [0.5, 0.6) is 0 Å². The molecule has 5 saturated carbocycles. The molecule has 0 unspecified atom stereocenters. The number of hydrogen-bond acceptors (Lipinski definition) is 0. The second kappa shape index (κ2) is 7.71. The molecule has 0 N–H and O–H groups in total. The van der Waals surface area contributed by atoms with Gasteiger partial charge in [0.05, 0.1) is 0 Å². The van der Waals surface area contributed by atoms with Crippen LogP contribution in [0.25, 0.3) is 0 Å². The van der Waals surface area contributed by atoms with Crippen LogP contribution in [0, 0.1) is 22.7 Å². The van der Waals surface area contributed by atoms with E-state index in [2.05, 4.69) is 0 Å². The van der Waals surface area contributed by atoms with Gasteiger partial charge < -0.3 is 0 Å². The van der Waals surface area contributed by atoms with Crippen molar-refractivity contribution in [3.05, 3.63) is 0 Å². The van der Waals surface area contributed by atoms with E-state index in [1.165, 1.54) is 38.5 Å². The van der Waals surface area contributed by atoms with E-state index in [9.17, 15) is 0 Å². The average Bonchev–Trinajstić information content (AvgIpc) is 2.57. The molecule has 0 aromatic rings. The molecule has 5 aliphatic rings. The van der Waals surface area contributed by atoms with E-state index in [1.807, 2.05) is 0 Å². The normalized spacial score (nSPS) is 38.8. The maximum absolute atomic E-state index is 1.62. The lowest BCUT2D eigenvalue weighted by atomic mass is 9.43. The summed E-state index contributed by atoms with van der Waals surface area (Å²) >= 11 is 0. The molecule has 0 atom stereocenters. The van der Waals surface area contributed by atoms with Gasteiger partial charge in [0.25, 0.3) is 0 Å². The van der Waals surface area contributed by atoms with Gasteiger partial charge in [0.15, 0.2) is 0 Å². The van der Waals surface area contributed by atoms with Crippen molar-refractivity contribution < 1.29 is 0 Å². The Balaban J connectivity index is 1.64. The molecule has 0 heteroatoms. The van der Waals surface area contributed by atoms with Crippen molar-refractivity contribution in [1.82, 2.24) is 0 Å². The zero-order chi connectivity index (χ0) is 16.3. The van der Waals surface area contributed by atoms with Crippen LogP contribution in [0.3, 0.4) is 0 Å². The number of fused-ring (bicyclic) bond motifs is 3. The smallest absolute Gasteiger partial charge is 0.0213 e. The Labute approximate surface area is 151 Å². The molecule has 0 aromatic carbocycles. The van der Waals surface area contributed by atoms with Gasteiger partial charge >= 0.3 is 0 Å². The molecule has 2 bridgehead atoms. The summed E-state index contributed by atoms with van der Waals surface area (Å²) in [5.41, 5.74) is 1.54. The predicted octanol–water partition coefficient (Wildman–Crippen LogP) is 8.05. The molecule has 0 radical (unpaired) electrons. The first kappa shape index (κ1) is 17.4. The van der Waals surface area contributed by atoms with E-state index in [4.69, 9.17) is 0 Å². The second-order valence-corrected chi connectivity index (χ2v) is 10.2. The fraction of sp³-hybridized carbons (Fsp3) is 1.00. The Bertz CT molecular complexity index is 357. The van der Waals surface area contributed by atoms with Gasteiger partial charge in [-0.05, 0) is 86.9 Å². The van der Waals surface area contributed by atoms with E-state index in [0.29, 0.717) is 0 Å². The van der Waals surface area contributed by atoms with Gasteiger partial charge in [-0.2, -0.15) is 0 Å². The molecule has 0 aliphatic heterocycles. The zero-order valence-electron chi connectivity index (χ0n) is 16.3. The van der Waals surface area contributed by atoms with Gasteiger partial charge in [-0.3, -0.25) is 0 Å². The monoisotopic (exact) mass is 330 g/mol. The van der Waals surface area contributed by atoms with Gasteiger partial charge in [0, 0.05) is 0 Å². The summed E-state index contributed by atoms with van der Waals surface area (Å²) in [4.78, 5) is 0. The summed E-state index contributed by atoms with van der Waals surface area (Å²) in [7, 11) is 0. The molecule has 5 rings (SSSR count). The van der Waals surface area contributed by atoms with Crippen molar-refractivity contribution in [3.8, 4) is 0 Å². The van der Waals surface area contributed by atoms with E-state index >= 15 is 0 Å². The van der Waals surface area contributed by atoms with Gasteiger partial charge in [-0.1, -0.05) is 64.2 Å². The molecule has 138 valence electrons. The van der Waals surface area contributed by atoms with E-state index in [0.717, 1.165) is 22.7 Å². The van der Waals surface area contributed by atoms with Gasteiger partial charge in [0.1, 0.15) is 0 Å². The van der Waals surface area contributed by atoms with E-state index in [1.54, 1.807) is 89.9 Å². The van der Waals surface area contributed by atoms with Crippen molar-refractivity contribution in [2.45, 2.75) is 128 Å². The van der Waals surface area contributed by atoms with Crippen LogP contribution in [0.1, 0.15) is 128 Å². The first-order valence-corrected chi connectivity index (χ1v) is 11.8. The minimum atomic E-state index is 0.760. The highest BCUT2D eigenvalue weighted by Crippen LogP contribution is 2.66. The molecule has 5 aliphatic carbocycles. The van der Waals surface area contributed by atoms with Crippen molar-refractivity contribution in [2.24, 2.45) is 22.7 Å². The number of hydrogen-bond donors (Lipinski definition) is 0. The van der Waals surface area contributed by atoms with Crippen molar-refractivity contribution in [1.29, 1.82) is 0 Å². The van der Waals surface area contributed by atoms with Crippen LogP contribution in [0.2, 0.25) is 0 Å². The quantitative estimate of drug-likeness (QED) is 0.480. The zero-order valence-corrected chi connectivity index (χ0v) is 16.3. The summed E-state index contributed by atoms with van der Waals surface area (Å²) in [6.45, 7) is 0. The van der Waals surface area contributed by atoms with Crippen LogP contribution in [0.15, 0.2) is 0 Å². The molecule has 0 saturated heterocycles. The lowest BCUT2D eigenvalue weighted by molar-refractivity contribution is -0.118. The highest BCUT2D eigenvalue weighted by atomic mass is 14.6. The van der Waals surface area contributed by atoms with Gasteiger partial charge in [-0.25, -0.2) is 0 Å². The third kappa shape index (κ3) is 3.21. The Morgan fingerprint density at radius 3 is 1.42 bits per heavy atom. The third-order valence-electron chi connectivity index (χ3n) is 9.28. The Hall–Kier alpha value is 0. The summed E-state index contributed by atoms with van der Waals surface area (Å²) in [5.74, 6) is 2.21. The fourth-order valence-electron chi connectivity index (χ4n) is 7.91.